The fourth-order valence-corrected chi connectivity index (χ4v) is 2.73. The van der Waals surface area contributed by atoms with Gasteiger partial charge in [0.1, 0.15) is 0 Å². The number of rotatable bonds is 3. The first-order valence-corrected chi connectivity index (χ1v) is 6.98. The number of hydrogen-bond donors (Lipinski definition) is 1. The van der Waals surface area contributed by atoms with E-state index in [4.69, 9.17) is 11.6 Å². The summed E-state index contributed by atoms with van der Waals surface area (Å²) in [7, 11) is 1.95. The Morgan fingerprint density at radius 3 is 2.50 bits per heavy atom. The fourth-order valence-electron chi connectivity index (χ4n) is 2.11. The van der Waals surface area contributed by atoms with E-state index in [1.807, 2.05) is 25.2 Å². The zero-order valence-electron chi connectivity index (χ0n) is 10.4. The molecule has 0 aromatic heterocycles. The second-order valence-corrected chi connectivity index (χ2v) is 5.57. The van der Waals surface area contributed by atoms with Crippen molar-refractivity contribution in [3.05, 3.63) is 68.7 Å². The standard InChI is InChI=1S/C15H15BrClN/c1-10-7-8-11(16)9-13(10)15(18-2)12-5-3-4-6-14(12)17/h3-9,15,18H,1-2H3. The van der Waals surface area contributed by atoms with Gasteiger partial charge in [-0.25, -0.2) is 0 Å². The van der Waals surface area contributed by atoms with Gasteiger partial charge in [-0.1, -0.05) is 51.8 Å². The second kappa shape index (κ2) is 5.87. The van der Waals surface area contributed by atoms with Crippen molar-refractivity contribution in [1.82, 2.24) is 5.32 Å². The molecule has 94 valence electrons. The summed E-state index contributed by atoms with van der Waals surface area (Å²) >= 11 is 9.81. The SMILES string of the molecule is CNC(c1cc(Br)ccc1C)c1ccccc1Cl. The predicted octanol–water partition coefficient (Wildman–Crippen LogP) is 4.72. The lowest BCUT2D eigenvalue weighted by Gasteiger charge is -2.20. The molecule has 0 saturated heterocycles. The molecular formula is C15H15BrClN. The highest BCUT2D eigenvalue weighted by molar-refractivity contribution is 9.10. The molecule has 1 N–H and O–H groups in total. The second-order valence-electron chi connectivity index (χ2n) is 4.24. The van der Waals surface area contributed by atoms with Crippen LogP contribution in [0.4, 0.5) is 0 Å². The Bertz CT molecular complexity index is 554. The van der Waals surface area contributed by atoms with E-state index in [-0.39, 0.29) is 6.04 Å². The maximum absolute atomic E-state index is 6.29. The van der Waals surface area contributed by atoms with Gasteiger partial charge >= 0.3 is 0 Å². The minimum atomic E-state index is 0.108. The van der Waals surface area contributed by atoms with Gasteiger partial charge in [-0.05, 0) is 48.9 Å². The van der Waals surface area contributed by atoms with Gasteiger partial charge in [0, 0.05) is 9.50 Å². The van der Waals surface area contributed by atoms with Gasteiger partial charge in [0.2, 0.25) is 0 Å². The van der Waals surface area contributed by atoms with Crippen LogP contribution in [-0.4, -0.2) is 7.05 Å². The lowest BCUT2D eigenvalue weighted by molar-refractivity contribution is 0.687. The molecule has 0 aliphatic carbocycles. The third kappa shape index (κ3) is 2.77. The minimum Gasteiger partial charge on any atom is -0.309 e. The van der Waals surface area contributed by atoms with Crippen molar-refractivity contribution >= 4 is 27.5 Å². The van der Waals surface area contributed by atoms with E-state index in [1.165, 1.54) is 11.1 Å². The van der Waals surface area contributed by atoms with Gasteiger partial charge in [-0.3, -0.25) is 0 Å². The molecule has 2 aromatic rings. The van der Waals surface area contributed by atoms with Crippen LogP contribution >= 0.6 is 27.5 Å². The molecular weight excluding hydrogens is 310 g/mol. The van der Waals surface area contributed by atoms with Crippen LogP contribution in [0, 0.1) is 6.92 Å². The first kappa shape index (κ1) is 13.6. The molecule has 3 heteroatoms. The fraction of sp³-hybridized carbons (Fsp3) is 0.200. The quantitative estimate of drug-likeness (QED) is 0.861. The Morgan fingerprint density at radius 2 is 1.83 bits per heavy atom. The van der Waals surface area contributed by atoms with Gasteiger partial charge < -0.3 is 5.32 Å². The molecule has 1 nitrogen and oxygen atoms in total. The van der Waals surface area contributed by atoms with Gasteiger partial charge in [0.15, 0.2) is 0 Å². The van der Waals surface area contributed by atoms with Crippen molar-refractivity contribution in [2.24, 2.45) is 0 Å². The van der Waals surface area contributed by atoms with E-state index in [2.05, 4.69) is 52.4 Å². The van der Waals surface area contributed by atoms with Gasteiger partial charge in [-0.15, -0.1) is 0 Å². The molecule has 2 rings (SSSR count). The van der Waals surface area contributed by atoms with Crippen molar-refractivity contribution in [3.63, 3.8) is 0 Å². The largest absolute Gasteiger partial charge is 0.309 e. The highest BCUT2D eigenvalue weighted by Gasteiger charge is 2.16. The average molecular weight is 325 g/mol. The van der Waals surface area contributed by atoms with Crippen LogP contribution in [0.1, 0.15) is 22.7 Å². The lowest BCUT2D eigenvalue weighted by atomic mass is 9.95. The Kier molecular flexibility index (Phi) is 4.44. The van der Waals surface area contributed by atoms with Crippen LogP contribution in [0.5, 0.6) is 0 Å². The van der Waals surface area contributed by atoms with E-state index in [0.717, 1.165) is 15.1 Å². The average Bonchev–Trinajstić information content (AvgIpc) is 2.36. The molecule has 0 aliphatic rings. The van der Waals surface area contributed by atoms with Gasteiger partial charge in [-0.2, -0.15) is 0 Å². The lowest BCUT2D eigenvalue weighted by Crippen LogP contribution is -2.19. The summed E-state index contributed by atoms with van der Waals surface area (Å²) in [6.07, 6.45) is 0. The van der Waals surface area contributed by atoms with Crippen LogP contribution in [-0.2, 0) is 0 Å². The molecule has 1 atom stereocenters. The molecule has 0 bridgehead atoms. The Hall–Kier alpha value is -0.830. The Balaban J connectivity index is 2.52. The van der Waals surface area contributed by atoms with Crippen molar-refractivity contribution in [2.45, 2.75) is 13.0 Å². The van der Waals surface area contributed by atoms with E-state index in [1.54, 1.807) is 0 Å². The third-order valence-electron chi connectivity index (χ3n) is 3.06. The summed E-state index contributed by atoms with van der Waals surface area (Å²) in [5.41, 5.74) is 3.58. The highest BCUT2D eigenvalue weighted by atomic mass is 79.9. The van der Waals surface area contributed by atoms with Crippen LogP contribution in [0.15, 0.2) is 46.9 Å². The Labute approximate surface area is 121 Å². The first-order chi connectivity index (χ1) is 8.63. The monoisotopic (exact) mass is 323 g/mol. The van der Waals surface area contributed by atoms with E-state index in [0.29, 0.717) is 0 Å². The van der Waals surface area contributed by atoms with Crippen LogP contribution in [0.2, 0.25) is 5.02 Å². The molecule has 18 heavy (non-hydrogen) atoms. The zero-order chi connectivity index (χ0) is 13.1. The highest BCUT2D eigenvalue weighted by Crippen LogP contribution is 2.31. The van der Waals surface area contributed by atoms with Crippen molar-refractivity contribution < 1.29 is 0 Å². The zero-order valence-corrected chi connectivity index (χ0v) is 12.7. The molecule has 0 amide bonds. The van der Waals surface area contributed by atoms with E-state index in [9.17, 15) is 0 Å². The van der Waals surface area contributed by atoms with E-state index < -0.39 is 0 Å². The molecule has 0 spiro atoms. The molecule has 0 heterocycles. The summed E-state index contributed by atoms with van der Waals surface area (Å²) in [5, 5.41) is 4.13. The summed E-state index contributed by atoms with van der Waals surface area (Å²) in [6.45, 7) is 2.11. The molecule has 0 saturated carbocycles. The maximum atomic E-state index is 6.29. The normalized spacial score (nSPS) is 12.4. The molecule has 0 radical (unpaired) electrons. The smallest absolute Gasteiger partial charge is 0.0592 e. The van der Waals surface area contributed by atoms with Crippen LogP contribution < -0.4 is 5.32 Å². The third-order valence-corrected chi connectivity index (χ3v) is 3.89. The number of benzene rings is 2. The first-order valence-electron chi connectivity index (χ1n) is 5.81. The van der Waals surface area contributed by atoms with Crippen molar-refractivity contribution in [1.29, 1.82) is 0 Å². The summed E-state index contributed by atoms with van der Waals surface area (Å²) < 4.78 is 1.08. The molecule has 2 aromatic carbocycles. The number of hydrogen-bond acceptors (Lipinski definition) is 1. The van der Waals surface area contributed by atoms with Gasteiger partial charge in [0.25, 0.3) is 0 Å². The van der Waals surface area contributed by atoms with Crippen molar-refractivity contribution in [3.8, 4) is 0 Å². The summed E-state index contributed by atoms with van der Waals surface area (Å²) in [4.78, 5) is 0. The number of nitrogens with one attached hydrogen (secondary N) is 1. The minimum absolute atomic E-state index is 0.108. The number of aryl methyl sites for hydroxylation is 1. The molecule has 0 aliphatic heterocycles. The van der Waals surface area contributed by atoms with Crippen molar-refractivity contribution in [2.75, 3.05) is 7.05 Å². The molecule has 0 fully saturated rings. The summed E-state index contributed by atoms with van der Waals surface area (Å²) in [6, 6.07) is 14.4. The number of halogens is 2. The maximum Gasteiger partial charge on any atom is 0.0592 e. The molecule has 1 unspecified atom stereocenters. The van der Waals surface area contributed by atoms with Gasteiger partial charge in [0.05, 0.1) is 6.04 Å². The topological polar surface area (TPSA) is 12.0 Å². The Morgan fingerprint density at radius 1 is 1.11 bits per heavy atom. The predicted molar refractivity (Wildman–Crippen MR) is 81.2 cm³/mol. The van der Waals surface area contributed by atoms with Crippen LogP contribution in [0.25, 0.3) is 0 Å². The summed E-state index contributed by atoms with van der Waals surface area (Å²) in [5.74, 6) is 0. The van der Waals surface area contributed by atoms with E-state index >= 15 is 0 Å². The van der Waals surface area contributed by atoms with Crippen LogP contribution in [0.3, 0.4) is 0 Å².